The maximum Gasteiger partial charge on any atom is 0.338 e. The first kappa shape index (κ1) is 21.3. The van der Waals surface area contributed by atoms with Crippen LogP contribution in [0.3, 0.4) is 0 Å². The molecule has 1 aliphatic heterocycles. The Morgan fingerprint density at radius 2 is 1.78 bits per heavy atom. The number of amides is 2. The third-order valence-electron chi connectivity index (χ3n) is 4.30. The van der Waals surface area contributed by atoms with Crippen LogP contribution < -0.4 is 5.32 Å². The smallest absolute Gasteiger partial charge is 0.338 e. The first-order valence-corrected chi connectivity index (χ1v) is 10.7. The number of anilines is 1. The molecule has 1 N–H and O–H groups in total. The average Bonchev–Trinajstić information content (AvgIpc) is 2.69. The van der Waals surface area contributed by atoms with Gasteiger partial charge in [0.2, 0.25) is 11.8 Å². The lowest BCUT2D eigenvalue weighted by molar-refractivity contribution is -0.129. The number of nitrogens with zero attached hydrogens (tertiary/aromatic N) is 1. The van der Waals surface area contributed by atoms with Gasteiger partial charge in [0.25, 0.3) is 0 Å². The molecule has 6 nitrogen and oxygen atoms in total. The summed E-state index contributed by atoms with van der Waals surface area (Å²) in [6.45, 7) is 4.12. The van der Waals surface area contributed by atoms with E-state index in [0.29, 0.717) is 23.6 Å². The number of carbonyl (C=O) groups is 3. The molecule has 0 radical (unpaired) electrons. The number of piperidine rings is 1. The third kappa shape index (κ3) is 7.62. The van der Waals surface area contributed by atoms with Crippen molar-refractivity contribution in [3.8, 4) is 0 Å². The van der Waals surface area contributed by atoms with E-state index in [2.05, 4.69) is 5.32 Å². The summed E-state index contributed by atoms with van der Waals surface area (Å²) in [5, 5.41) is 2.78. The van der Waals surface area contributed by atoms with Crippen molar-refractivity contribution >= 4 is 35.2 Å². The summed E-state index contributed by atoms with van der Waals surface area (Å²) in [5.41, 5.74) is 1.08. The van der Waals surface area contributed by atoms with Gasteiger partial charge in [-0.05, 0) is 49.9 Å². The Hall–Kier alpha value is -2.02. The first-order chi connectivity index (χ1) is 13.1. The van der Waals surface area contributed by atoms with Crippen LogP contribution in [0, 0.1) is 0 Å². The van der Waals surface area contributed by atoms with Crippen LogP contribution in [0.5, 0.6) is 0 Å². The van der Waals surface area contributed by atoms with E-state index in [4.69, 9.17) is 4.74 Å². The van der Waals surface area contributed by atoms with Gasteiger partial charge in [-0.3, -0.25) is 9.59 Å². The average molecular weight is 393 g/mol. The summed E-state index contributed by atoms with van der Waals surface area (Å²) in [6.07, 6.45) is 5.14. The Balaban J connectivity index is 1.69. The third-order valence-corrected chi connectivity index (χ3v) is 5.22. The molecular weight excluding hydrogens is 364 g/mol. The normalized spacial score (nSPS) is 13.9. The molecule has 0 spiro atoms. The lowest BCUT2D eigenvalue weighted by Gasteiger charge is -2.26. The molecule has 1 aromatic rings. The number of esters is 1. The van der Waals surface area contributed by atoms with E-state index in [1.165, 1.54) is 18.2 Å². The Kier molecular flexibility index (Phi) is 9.18. The van der Waals surface area contributed by atoms with Crippen molar-refractivity contribution in [1.82, 2.24) is 4.90 Å². The predicted octanol–water partition coefficient (Wildman–Crippen LogP) is 3.33. The van der Waals surface area contributed by atoms with Crippen molar-refractivity contribution in [2.45, 2.75) is 39.0 Å². The highest BCUT2D eigenvalue weighted by atomic mass is 32.2. The zero-order valence-electron chi connectivity index (χ0n) is 15.9. The van der Waals surface area contributed by atoms with Gasteiger partial charge in [0, 0.05) is 18.8 Å². The number of benzene rings is 1. The van der Waals surface area contributed by atoms with Crippen LogP contribution in [0.4, 0.5) is 5.69 Å². The summed E-state index contributed by atoms with van der Waals surface area (Å²) in [7, 11) is 0. The molecule has 0 unspecified atom stereocenters. The second-order valence-electron chi connectivity index (χ2n) is 6.55. The van der Waals surface area contributed by atoms with Gasteiger partial charge in [-0.25, -0.2) is 4.79 Å². The molecule has 1 heterocycles. The topological polar surface area (TPSA) is 75.7 Å². The van der Waals surface area contributed by atoms with Gasteiger partial charge >= 0.3 is 5.97 Å². The molecule has 1 saturated heterocycles. The number of thioether (sulfide) groups is 1. The van der Waals surface area contributed by atoms with E-state index >= 15 is 0 Å². The molecule has 27 heavy (non-hydrogen) atoms. The predicted molar refractivity (Wildman–Crippen MR) is 108 cm³/mol. The number of unbranched alkanes of at least 4 members (excludes halogenated alkanes) is 1. The SMILES string of the molecule is CCCCOC(=O)c1ccc(NC(=O)CSCC(=O)N2CCCCC2)cc1. The van der Waals surface area contributed by atoms with E-state index in [9.17, 15) is 14.4 Å². The molecule has 0 aliphatic carbocycles. The molecule has 0 atom stereocenters. The minimum absolute atomic E-state index is 0.110. The van der Waals surface area contributed by atoms with Crippen LogP contribution in [-0.4, -0.2) is 53.9 Å². The zero-order valence-corrected chi connectivity index (χ0v) is 16.7. The van der Waals surface area contributed by atoms with Crippen LogP contribution in [-0.2, 0) is 14.3 Å². The van der Waals surface area contributed by atoms with E-state index in [-0.39, 0.29) is 23.5 Å². The Morgan fingerprint density at radius 1 is 1.07 bits per heavy atom. The number of nitrogens with one attached hydrogen (secondary N) is 1. The van der Waals surface area contributed by atoms with Crippen molar-refractivity contribution in [2.24, 2.45) is 0 Å². The molecule has 0 bridgehead atoms. The fraction of sp³-hybridized carbons (Fsp3) is 0.550. The minimum Gasteiger partial charge on any atom is -0.462 e. The maximum atomic E-state index is 12.1. The monoisotopic (exact) mass is 392 g/mol. The van der Waals surface area contributed by atoms with Gasteiger partial charge in [0.15, 0.2) is 0 Å². The maximum absolute atomic E-state index is 12.1. The second-order valence-corrected chi connectivity index (χ2v) is 7.53. The van der Waals surface area contributed by atoms with Crippen molar-refractivity contribution < 1.29 is 19.1 Å². The summed E-state index contributed by atoms with van der Waals surface area (Å²) in [5.74, 6) is 0.146. The number of ether oxygens (including phenoxy) is 1. The van der Waals surface area contributed by atoms with Gasteiger partial charge in [0.1, 0.15) is 0 Å². The summed E-state index contributed by atoms with van der Waals surface area (Å²) in [4.78, 5) is 37.8. The van der Waals surface area contributed by atoms with Crippen molar-refractivity contribution in [3.05, 3.63) is 29.8 Å². The van der Waals surface area contributed by atoms with Gasteiger partial charge in [-0.15, -0.1) is 11.8 Å². The highest BCUT2D eigenvalue weighted by molar-refractivity contribution is 8.00. The van der Waals surface area contributed by atoms with Crippen LogP contribution in [0.2, 0.25) is 0 Å². The Labute approximate surface area is 165 Å². The fourth-order valence-electron chi connectivity index (χ4n) is 2.74. The van der Waals surface area contributed by atoms with Crippen molar-refractivity contribution in [2.75, 3.05) is 36.5 Å². The standard InChI is InChI=1S/C20H28N2O4S/c1-2-3-13-26-20(25)16-7-9-17(10-8-16)21-18(23)14-27-15-19(24)22-11-5-4-6-12-22/h7-10H,2-6,11-15H2,1H3,(H,21,23). The molecule has 1 aliphatic rings. The number of carbonyl (C=O) groups excluding carboxylic acids is 3. The second kappa shape index (κ2) is 11.6. The largest absolute Gasteiger partial charge is 0.462 e. The quantitative estimate of drug-likeness (QED) is 0.515. The molecular formula is C20H28N2O4S. The van der Waals surface area contributed by atoms with Crippen LogP contribution in [0.15, 0.2) is 24.3 Å². The summed E-state index contributed by atoms with van der Waals surface area (Å²) >= 11 is 1.32. The molecule has 0 aromatic heterocycles. The van der Waals surface area contributed by atoms with Crippen LogP contribution in [0.25, 0.3) is 0 Å². The number of hydrogen-bond acceptors (Lipinski definition) is 5. The summed E-state index contributed by atoms with van der Waals surface area (Å²) in [6, 6.07) is 6.63. The van der Waals surface area contributed by atoms with Gasteiger partial charge < -0.3 is 15.0 Å². The lowest BCUT2D eigenvalue weighted by atomic mass is 10.1. The number of rotatable bonds is 9. The Morgan fingerprint density at radius 3 is 2.44 bits per heavy atom. The highest BCUT2D eigenvalue weighted by Gasteiger charge is 2.16. The number of hydrogen-bond donors (Lipinski definition) is 1. The van der Waals surface area contributed by atoms with Crippen molar-refractivity contribution in [3.63, 3.8) is 0 Å². The van der Waals surface area contributed by atoms with E-state index in [0.717, 1.165) is 38.8 Å². The van der Waals surface area contributed by atoms with E-state index < -0.39 is 0 Å². The minimum atomic E-state index is -0.354. The van der Waals surface area contributed by atoms with E-state index in [1.807, 2.05) is 11.8 Å². The molecule has 148 valence electrons. The van der Waals surface area contributed by atoms with Crippen LogP contribution >= 0.6 is 11.8 Å². The molecule has 2 amide bonds. The molecule has 2 rings (SSSR count). The van der Waals surface area contributed by atoms with Gasteiger partial charge in [-0.2, -0.15) is 0 Å². The summed E-state index contributed by atoms with van der Waals surface area (Å²) < 4.78 is 5.15. The van der Waals surface area contributed by atoms with E-state index in [1.54, 1.807) is 24.3 Å². The molecule has 7 heteroatoms. The van der Waals surface area contributed by atoms with Crippen molar-refractivity contribution in [1.29, 1.82) is 0 Å². The molecule has 1 fully saturated rings. The van der Waals surface area contributed by atoms with Gasteiger partial charge in [-0.1, -0.05) is 13.3 Å². The van der Waals surface area contributed by atoms with Crippen LogP contribution in [0.1, 0.15) is 49.4 Å². The first-order valence-electron chi connectivity index (χ1n) is 9.52. The fourth-order valence-corrected chi connectivity index (χ4v) is 3.46. The zero-order chi connectivity index (χ0) is 19.5. The molecule has 0 saturated carbocycles. The molecule has 1 aromatic carbocycles. The number of likely N-dealkylation sites (tertiary alicyclic amines) is 1. The highest BCUT2D eigenvalue weighted by Crippen LogP contribution is 2.13. The Bertz CT molecular complexity index is 627. The lowest BCUT2D eigenvalue weighted by Crippen LogP contribution is -2.37. The van der Waals surface area contributed by atoms with Gasteiger partial charge in [0.05, 0.1) is 23.7 Å².